The Balaban J connectivity index is 1.86. The number of carbonyl (C=O) groups excluding carboxylic acids is 1. The van der Waals surface area contributed by atoms with E-state index in [0.717, 1.165) is 17.6 Å². The summed E-state index contributed by atoms with van der Waals surface area (Å²) in [6.07, 6.45) is 5.03. The molecular formula is C18H22N6O. The zero-order valence-electron chi connectivity index (χ0n) is 14.9. The van der Waals surface area contributed by atoms with E-state index in [1.165, 1.54) is 0 Å². The smallest absolute Gasteiger partial charge is 0.257 e. The number of pyridine rings is 2. The molecule has 7 heteroatoms. The molecule has 1 N–H and O–H groups in total. The Hall–Kier alpha value is -2.96. The van der Waals surface area contributed by atoms with Crippen molar-refractivity contribution in [2.24, 2.45) is 5.92 Å². The van der Waals surface area contributed by atoms with Gasteiger partial charge in [-0.25, -0.2) is 14.6 Å². The lowest BCUT2D eigenvalue weighted by Crippen LogP contribution is -2.18. The van der Waals surface area contributed by atoms with Crippen molar-refractivity contribution >= 4 is 28.4 Å². The van der Waals surface area contributed by atoms with E-state index in [1.807, 2.05) is 35.8 Å². The van der Waals surface area contributed by atoms with Gasteiger partial charge in [-0.2, -0.15) is 5.10 Å². The van der Waals surface area contributed by atoms with Crippen LogP contribution in [0.1, 0.15) is 24.2 Å². The average molecular weight is 338 g/mol. The monoisotopic (exact) mass is 338 g/mol. The number of amides is 1. The standard InChI is InChI=1S/C18H22N6O/c1-12(2)11-24-16-13(10-21-24)8-14(9-20-16)18(25)22-15-6-5-7-19-17(15)23(3)4/h5-10,12H,11H2,1-4H3,(H,22,25). The lowest BCUT2D eigenvalue weighted by Gasteiger charge is -2.16. The van der Waals surface area contributed by atoms with Crippen molar-refractivity contribution in [3.63, 3.8) is 0 Å². The van der Waals surface area contributed by atoms with Crippen LogP contribution < -0.4 is 10.2 Å². The van der Waals surface area contributed by atoms with Gasteiger partial charge in [-0.15, -0.1) is 0 Å². The molecule has 0 aromatic carbocycles. The fourth-order valence-electron chi connectivity index (χ4n) is 2.62. The van der Waals surface area contributed by atoms with E-state index in [2.05, 4.69) is 34.2 Å². The largest absolute Gasteiger partial charge is 0.361 e. The fraction of sp³-hybridized carbons (Fsp3) is 0.333. The SMILES string of the molecule is CC(C)Cn1ncc2cc(C(=O)Nc3cccnc3N(C)C)cnc21. The van der Waals surface area contributed by atoms with Gasteiger partial charge in [0.1, 0.15) is 0 Å². The molecule has 0 saturated carbocycles. The maximum absolute atomic E-state index is 12.6. The van der Waals surface area contributed by atoms with Crippen LogP contribution in [0.25, 0.3) is 11.0 Å². The predicted molar refractivity (Wildman–Crippen MR) is 98.9 cm³/mol. The highest BCUT2D eigenvalue weighted by molar-refractivity contribution is 6.06. The van der Waals surface area contributed by atoms with Gasteiger partial charge in [-0.1, -0.05) is 13.8 Å². The summed E-state index contributed by atoms with van der Waals surface area (Å²) >= 11 is 0. The number of hydrogen-bond acceptors (Lipinski definition) is 5. The van der Waals surface area contributed by atoms with Crippen LogP contribution in [0.4, 0.5) is 11.5 Å². The van der Waals surface area contributed by atoms with Gasteiger partial charge in [0.05, 0.1) is 17.4 Å². The lowest BCUT2D eigenvalue weighted by molar-refractivity contribution is 0.102. The molecule has 0 bridgehead atoms. The number of anilines is 2. The molecule has 25 heavy (non-hydrogen) atoms. The summed E-state index contributed by atoms with van der Waals surface area (Å²) in [5.74, 6) is 0.958. The summed E-state index contributed by atoms with van der Waals surface area (Å²) in [6.45, 7) is 5.06. The summed E-state index contributed by atoms with van der Waals surface area (Å²) in [4.78, 5) is 23.2. The molecule has 0 spiro atoms. The predicted octanol–water partition coefficient (Wildman–Crippen LogP) is 2.80. The Labute approximate surface area is 146 Å². The second kappa shape index (κ2) is 6.88. The highest BCUT2D eigenvalue weighted by Gasteiger charge is 2.14. The van der Waals surface area contributed by atoms with Gasteiger partial charge in [-0.05, 0) is 24.1 Å². The topological polar surface area (TPSA) is 75.9 Å². The van der Waals surface area contributed by atoms with Crippen molar-refractivity contribution in [1.82, 2.24) is 19.7 Å². The fourth-order valence-corrected chi connectivity index (χ4v) is 2.62. The van der Waals surface area contributed by atoms with E-state index >= 15 is 0 Å². The molecule has 0 aliphatic rings. The van der Waals surface area contributed by atoms with Gasteiger partial charge < -0.3 is 10.2 Å². The summed E-state index contributed by atoms with van der Waals surface area (Å²) < 4.78 is 1.87. The Morgan fingerprint density at radius 2 is 2.08 bits per heavy atom. The quantitative estimate of drug-likeness (QED) is 0.774. The first-order valence-electron chi connectivity index (χ1n) is 8.21. The van der Waals surface area contributed by atoms with Crippen molar-refractivity contribution in [3.05, 3.63) is 42.4 Å². The highest BCUT2D eigenvalue weighted by atomic mass is 16.1. The molecule has 0 saturated heterocycles. The number of hydrogen-bond donors (Lipinski definition) is 1. The van der Waals surface area contributed by atoms with Gasteiger partial charge in [0, 0.05) is 38.4 Å². The van der Waals surface area contributed by atoms with E-state index in [-0.39, 0.29) is 5.91 Å². The summed E-state index contributed by atoms with van der Waals surface area (Å²) in [5.41, 5.74) is 1.94. The van der Waals surface area contributed by atoms with E-state index in [9.17, 15) is 4.79 Å². The van der Waals surface area contributed by atoms with Crippen LogP contribution in [0.15, 0.2) is 36.8 Å². The second-order valence-electron chi connectivity index (χ2n) is 6.58. The van der Waals surface area contributed by atoms with Crippen molar-refractivity contribution in [1.29, 1.82) is 0 Å². The van der Waals surface area contributed by atoms with Crippen LogP contribution in [-0.2, 0) is 6.54 Å². The van der Waals surface area contributed by atoms with Crippen LogP contribution in [-0.4, -0.2) is 39.8 Å². The van der Waals surface area contributed by atoms with Crippen LogP contribution >= 0.6 is 0 Å². The average Bonchev–Trinajstić information content (AvgIpc) is 2.96. The zero-order chi connectivity index (χ0) is 18.0. The van der Waals surface area contributed by atoms with Crippen molar-refractivity contribution in [2.75, 3.05) is 24.3 Å². The Bertz CT molecular complexity index is 899. The summed E-state index contributed by atoms with van der Waals surface area (Å²) in [5, 5.41) is 8.12. The molecule has 0 unspecified atom stereocenters. The molecule has 3 aromatic heterocycles. The molecule has 3 heterocycles. The van der Waals surface area contributed by atoms with Crippen LogP contribution in [0.3, 0.4) is 0 Å². The Morgan fingerprint density at radius 1 is 1.28 bits per heavy atom. The number of fused-ring (bicyclic) bond motifs is 1. The molecule has 0 radical (unpaired) electrons. The van der Waals surface area contributed by atoms with E-state index in [4.69, 9.17) is 0 Å². The zero-order valence-corrected chi connectivity index (χ0v) is 14.9. The van der Waals surface area contributed by atoms with Crippen molar-refractivity contribution < 1.29 is 4.79 Å². The third-order valence-corrected chi connectivity index (χ3v) is 3.73. The number of carbonyl (C=O) groups is 1. The van der Waals surface area contributed by atoms with Gasteiger partial charge >= 0.3 is 0 Å². The van der Waals surface area contributed by atoms with Gasteiger partial charge in [0.25, 0.3) is 5.91 Å². The van der Waals surface area contributed by atoms with Crippen molar-refractivity contribution in [3.8, 4) is 0 Å². The molecule has 0 aliphatic heterocycles. The summed E-state index contributed by atoms with van der Waals surface area (Å²) in [7, 11) is 3.77. The highest BCUT2D eigenvalue weighted by Crippen LogP contribution is 2.22. The van der Waals surface area contributed by atoms with Gasteiger partial charge in [-0.3, -0.25) is 4.79 Å². The Morgan fingerprint density at radius 3 is 2.80 bits per heavy atom. The van der Waals surface area contributed by atoms with Crippen molar-refractivity contribution in [2.45, 2.75) is 20.4 Å². The minimum Gasteiger partial charge on any atom is -0.361 e. The number of aromatic nitrogens is 4. The molecule has 3 aromatic rings. The number of rotatable bonds is 5. The lowest BCUT2D eigenvalue weighted by atomic mass is 10.2. The summed E-state index contributed by atoms with van der Waals surface area (Å²) in [6, 6.07) is 5.43. The maximum atomic E-state index is 12.6. The van der Waals surface area contributed by atoms with Crippen LogP contribution in [0, 0.1) is 5.92 Å². The van der Waals surface area contributed by atoms with Gasteiger partial charge in [0.15, 0.2) is 11.5 Å². The molecule has 0 aliphatic carbocycles. The number of nitrogens with one attached hydrogen (secondary N) is 1. The Kier molecular flexibility index (Phi) is 4.65. The second-order valence-corrected chi connectivity index (χ2v) is 6.58. The molecular weight excluding hydrogens is 316 g/mol. The third kappa shape index (κ3) is 3.60. The van der Waals surface area contributed by atoms with E-state index < -0.39 is 0 Å². The first kappa shape index (κ1) is 16.9. The maximum Gasteiger partial charge on any atom is 0.257 e. The molecule has 7 nitrogen and oxygen atoms in total. The van der Waals surface area contributed by atoms with E-state index in [0.29, 0.717) is 23.0 Å². The molecule has 1 amide bonds. The van der Waals surface area contributed by atoms with Gasteiger partial charge in [0.2, 0.25) is 0 Å². The molecule has 0 atom stereocenters. The van der Waals surface area contributed by atoms with Crippen LogP contribution in [0.2, 0.25) is 0 Å². The molecule has 130 valence electrons. The van der Waals surface area contributed by atoms with E-state index in [1.54, 1.807) is 24.7 Å². The minimum absolute atomic E-state index is 0.220. The third-order valence-electron chi connectivity index (χ3n) is 3.73. The van der Waals surface area contributed by atoms with Crippen LogP contribution in [0.5, 0.6) is 0 Å². The first-order chi connectivity index (χ1) is 12.0. The number of nitrogens with zero attached hydrogens (tertiary/aromatic N) is 5. The minimum atomic E-state index is -0.220. The molecule has 3 rings (SSSR count). The molecule has 0 fully saturated rings. The normalized spacial score (nSPS) is 11.1. The first-order valence-corrected chi connectivity index (χ1v) is 8.21.